The van der Waals surface area contributed by atoms with E-state index in [0.717, 1.165) is 25.7 Å². The smallest absolute Gasteiger partial charge is 0.259 e. The quantitative estimate of drug-likeness (QED) is 0.493. The van der Waals surface area contributed by atoms with E-state index < -0.39 is 30.3 Å². The van der Waals surface area contributed by atoms with Crippen molar-refractivity contribution >= 4 is 29.7 Å². The van der Waals surface area contributed by atoms with Gasteiger partial charge in [0.1, 0.15) is 11.7 Å². The molecule has 2 amide bonds. The maximum Gasteiger partial charge on any atom is 0.259 e. The molecule has 0 saturated carbocycles. The van der Waals surface area contributed by atoms with E-state index in [9.17, 15) is 14.0 Å². The van der Waals surface area contributed by atoms with Gasteiger partial charge < -0.3 is 21.3 Å². The van der Waals surface area contributed by atoms with E-state index >= 15 is 4.39 Å². The number of piperidine rings is 2. The van der Waals surface area contributed by atoms with Crippen molar-refractivity contribution in [2.45, 2.75) is 62.3 Å². The first-order chi connectivity index (χ1) is 17.8. The zero-order chi connectivity index (χ0) is 25.8. The first kappa shape index (κ1) is 24.7. The molecule has 6 atom stereocenters. The monoisotopic (exact) mass is 519 g/mol. The number of alkyl halides is 2. The number of carbonyl (C=O) groups excluding carboxylic acids is 2. The molecular formula is C24H35F2N9O2. The van der Waals surface area contributed by atoms with Crippen LogP contribution in [0, 0.1) is 5.92 Å². The lowest BCUT2D eigenvalue weighted by molar-refractivity contribution is -0.139. The zero-order valence-corrected chi connectivity index (χ0v) is 21.0. The number of carbonyl (C=O) groups is 2. The number of rotatable bonds is 4. The van der Waals surface area contributed by atoms with Crippen molar-refractivity contribution < 1.29 is 18.4 Å². The van der Waals surface area contributed by atoms with Crippen molar-refractivity contribution in [3.63, 3.8) is 0 Å². The molecule has 6 unspecified atom stereocenters. The van der Waals surface area contributed by atoms with E-state index in [1.54, 1.807) is 0 Å². The first-order valence-electron chi connectivity index (χ1n) is 13.2. The molecule has 37 heavy (non-hydrogen) atoms. The standard InChI is InChI=1S/C24H35F2N9O2/c1-32-11-16-6-15(32)12-34(16)24(37)13-2-4-33(5-3-13)20-17(26)8-28-9-18(20)30-23(36)19-21(27)31-35-10-14(25)7-29-22(19)35/h7,13-18,20,28H,2-6,8-12H2,1H3,(H2,27,31)(H,30,36). The second kappa shape index (κ2) is 9.59. The molecular weight excluding hydrogens is 484 g/mol. The summed E-state index contributed by atoms with van der Waals surface area (Å²) in [6.45, 7) is 3.51. The lowest BCUT2D eigenvalue weighted by atomic mass is 9.90. The Morgan fingerprint density at radius 1 is 1.14 bits per heavy atom. The van der Waals surface area contributed by atoms with Crippen molar-refractivity contribution in [2.75, 3.05) is 52.0 Å². The lowest BCUT2D eigenvalue weighted by Gasteiger charge is -2.45. The summed E-state index contributed by atoms with van der Waals surface area (Å²) >= 11 is 0. The van der Waals surface area contributed by atoms with Crippen LogP contribution in [0.2, 0.25) is 0 Å². The van der Waals surface area contributed by atoms with Gasteiger partial charge >= 0.3 is 0 Å². The molecule has 0 aliphatic carbocycles. The predicted octanol–water partition coefficient (Wildman–Crippen LogP) is -0.445. The molecule has 5 aliphatic rings. The second-order valence-corrected chi connectivity index (χ2v) is 11.1. The number of nitrogen functional groups attached to an aromatic ring is 1. The number of hydrogen-bond donors (Lipinski definition) is 3. The van der Waals surface area contributed by atoms with Gasteiger partial charge in [0.2, 0.25) is 5.91 Å². The molecule has 6 heterocycles. The Kier molecular flexibility index (Phi) is 6.40. The average Bonchev–Trinajstić information content (AvgIpc) is 3.54. The second-order valence-electron chi connectivity index (χ2n) is 11.1. The van der Waals surface area contributed by atoms with Crippen LogP contribution in [0.4, 0.5) is 20.4 Å². The Hall–Kier alpha value is -2.64. The summed E-state index contributed by atoms with van der Waals surface area (Å²) in [6, 6.07) is -0.240. The fraction of sp³-hybridized carbons (Fsp3) is 0.750. The number of piperazine rings is 1. The zero-order valence-electron chi connectivity index (χ0n) is 21.0. The molecule has 2 bridgehead atoms. The predicted molar refractivity (Wildman–Crippen MR) is 133 cm³/mol. The van der Waals surface area contributed by atoms with Gasteiger partial charge in [0.15, 0.2) is 17.8 Å². The van der Waals surface area contributed by atoms with E-state index in [-0.39, 0.29) is 42.1 Å². The van der Waals surface area contributed by atoms with Gasteiger partial charge in [0, 0.05) is 50.4 Å². The molecule has 4 N–H and O–H groups in total. The molecule has 6 rings (SSSR count). The number of aliphatic imine (C=N–C) groups is 1. The molecule has 4 fully saturated rings. The maximum absolute atomic E-state index is 15.3. The maximum atomic E-state index is 15.3. The number of halogens is 2. The van der Waals surface area contributed by atoms with Crippen LogP contribution in [-0.2, 0) is 11.3 Å². The van der Waals surface area contributed by atoms with E-state index in [2.05, 4.69) is 42.5 Å². The van der Waals surface area contributed by atoms with Crippen molar-refractivity contribution in [3.8, 4) is 0 Å². The number of likely N-dealkylation sites (tertiary alicyclic amines) is 3. The molecule has 1 aromatic rings. The van der Waals surface area contributed by atoms with Gasteiger partial charge in [-0.3, -0.25) is 19.4 Å². The highest BCUT2D eigenvalue weighted by molar-refractivity contribution is 6.03. The minimum absolute atomic E-state index is 0.0306. The van der Waals surface area contributed by atoms with Gasteiger partial charge in [0.25, 0.3) is 5.91 Å². The lowest BCUT2D eigenvalue weighted by Crippen LogP contribution is -2.66. The summed E-state index contributed by atoms with van der Waals surface area (Å²) in [6.07, 6.45) is 1.09. The number of likely N-dealkylation sites (N-methyl/N-ethyl adjacent to an activating group) is 1. The van der Waals surface area contributed by atoms with Gasteiger partial charge in [-0.1, -0.05) is 0 Å². The summed E-state index contributed by atoms with van der Waals surface area (Å²) < 4.78 is 30.2. The molecule has 0 spiro atoms. The van der Waals surface area contributed by atoms with Gasteiger partial charge in [-0.2, -0.15) is 5.10 Å². The van der Waals surface area contributed by atoms with Gasteiger partial charge in [-0.25, -0.2) is 18.5 Å². The largest absolute Gasteiger partial charge is 0.381 e. The summed E-state index contributed by atoms with van der Waals surface area (Å²) in [5, 5.41) is 10.1. The Labute approximate surface area is 214 Å². The topological polar surface area (TPSA) is 124 Å². The fourth-order valence-corrected chi connectivity index (χ4v) is 6.86. The number of aromatic nitrogens is 2. The third-order valence-corrected chi connectivity index (χ3v) is 8.79. The minimum Gasteiger partial charge on any atom is -0.381 e. The fourth-order valence-electron chi connectivity index (χ4n) is 6.86. The molecule has 5 aliphatic heterocycles. The van der Waals surface area contributed by atoms with Gasteiger partial charge in [-0.15, -0.1) is 0 Å². The van der Waals surface area contributed by atoms with E-state index in [1.165, 1.54) is 4.68 Å². The highest BCUT2D eigenvalue weighted by Crippen LogP contribution is 2.33. The van der Waals surface area contributed by atoms with Crippen LogP contribution in [0.5, 0.6) is 0 Å². The van der Waals surface area contributed by atoms with Crippen LogP contribution in [0.1, 0.15) is 29.6 Å². The summed E-state index contributed by atoms with van der Waals surface area (Å²) in [7, 11) is 2.12. The van der Waals surface area contributed by atoms with Gasteiger partial charge in [0.05, 0.1) is 18.6 Å². The molecule has 0 radical (unpaired) electrons. The number of anilines is 1. The number of fused-ring (bicyclic) bond motifs is 3. The minimum atomic E-state index is -1.29. The third-order valence-electron chi connectivity index (χ3n) is 8.79. The molecule has 1 aromatic heterocycles. The summed E-state index contributed by atoms with van der Waals surface area (Å²) in [5.41, 5.74) is 6.06. The Morgan fingerprint density at radius 2 is 1.92 bits per heavy atom. The normalized spacial score (nSPS) is 34.6. The summed E-state index contributed by atoms with van der Waals surface area (Å²) in [4.78, 5) is 37.0. The number of nitrogens with zero attached hydrogens (tertiary/aromatic N) is 6. The van der Waals surface area contributed by atoms with Crippen molar-refractivity contribution in [3.05, 3.63) is 5.56 Å². The number of amides is 2. The Balaban J connectivity index is 1.11. The number of nitrogens with two attached hydrogens (primary N) is 1. The average molecular weight is 520 g/mol. The van der Waals surface area contributed by atoms with E-state index in [4.69, 9.17) is 5.73 Å². The molecule has 0 aromatic carbocycles. The molecule has 4 saturated heterocycles. The van der Waals surface area contributed by atoms with E-state index in [0.29, 0.717) is 44.6 Å². The van der Waals surface area contributed by atoms with Crippen LogP contribution < -0.4 is 16.4 Å². The van der Waals surface area contributed by atoms with Crippen molar-refractivity contribution in [2.24, 2.45) is 10.9 Å². The number of nitrogens with one attached hydrogen (secondary N) is 2. The molecule has 202 valence electrons. The first-order valence-corrected chi connectivity index (χ1v) is 13.2. The Morgan fingerprint density at radius 3 is 2.62 bits per heavy atom. The molecule has 11 nitrogen and oxygen atoms in total. The van der Waals surface area contributed by atoms with Crippen LogP contribution in [0.25, 0.3) is 0 Å². The van der Waals surface area contributed by atoms with Crippen molar-refractivity contribution in [1.82, 2.24) is 35.1 Å². The Bertz CT molecular complexity index is 1090. The SMILES string of the molecule is CN1CC2CC1CN2C(=O)C1CCN(C2C(F)CNCC2NC(=O)c2c(N)nn3c2N=CC(F)C3)CC1. The van der Waals surface area contributed by atoms with E-state index in [1.807, 2.05) is 0 Å². The van der Waals surface area contributed by atoms with Crippen LogP contribution in [0.15, 0.2) is 4.99 Å². The van der Waals surface area contributed by atoms with Crippen LogP contribution in [-0.4, -0.2) is 125 Å². The van der Waals surface area contributed by atoms with Crippen molar-refractivity contribution in [1.29, 1.82) is 0 Å². The van der Waals surface area contributed by atoms with Gasteiger partial charge in [-0.05, 0) is 39.4 Å². The highest BCUT2D eigenvalue weighted by Gasteiger charge is 2.46. The molecule has 13 heteroatoms. The third kappa shape index (κ3) is 4.40. The van der Waals surface area contributed by atoms with Crippen LogP contribution in [0.3, 0.4) is 0 Å². The highest BCUT2D eigenvalue weighted by atomic mass is 19.1. The number of hydrogen-bond acceptors (Lipinski definition) is 8. The van der Waals surface area contributed by atoms with Crippen LogP contribution >= 0.6 is 0 Å². The summed E-state index contributed by atoms with van der Waals surface area (Å²) in [5.74, 6) is -0.119.